The fourth-order valence-electron chi connectivity index (χ4n) is 3.70. The molecule has 4 rings (SSSR count). The Balaban J connectivity index is 1.55. The lowest BCUT2D eigenvalue weighted by molar-refractivity contribution is -0.384. The Hall–Kier alpha value is -4.99. The molecule has 0 spiro atoms. The molecule has 0 unspecified atom stereocenters. The molecule has 37 heavy (non-hydrogen) atoms. The minimum absolute atomic E-state index is 0.000653. The van der Waals surface area contributed by atoms with Crippen molar-refractivity contribution in [1.29, 1.82) is 0 Å². The van der Waals surface area contributed by atoms with Gasteiger partial charge < -0.3 is 9.64 Å². The third-order valence-electron chi connectivity index (χ3n) is 5.57. The van der Waals surface area contributed by atoms with E-state index in [1.165, 1.54) is 47.5 Å². The van der Waals surface area contributed by atoms with Gasteiger partial charge in [0.2, 0.25) is 5.78 Å². The van der Waals surface area contributed by atoms with Crippen LogP contribution in [-0.2, 0) is 4.74 Å². The van der Waals surface area contributed by atoms with E-state index in [4.69, 9.17) is 4.74 Å². The van der Waals surface area contributed by atoms with Gasteiger partial charge in [0.05, 0.1) is 4.92 Å². The maximum atomic E-state index is 13.3. The number of non-ortho nitro benzene ring substituents is 1. The molecule has 0 saturated heterocycles. The molecule has 9 nitrogen and oxygen atoms in total. The summed E-state index contributed by atoms with van der Waals surface area (Å²) < 4.78 is 18.4. The zero-order valence-corrected chi connectivity index (χ0v) is 19.6. The third kappa shape index (κ3) is 5.64. The highest BCUT2D eigenvalue weighted by atomic mass is 19.1. The number of anilines is 1. The Labute approximate surface area is 210 Å². The largest absolute Gasteiger partial charge is 0.453 e. The summed E-state index contributed by atoms with van der Waals surface area (Å²) in [5.74, 6) is -2.68. The maximum absolute atomic E-state index is 13.3. The smallest absolute Gasteiger partial charge is 0.357 e. The first-order valence-corrected chi connectivity index (χ1v) is 11.2. The molecule has 0 aliphatic rings. The number of aromatic nitrogens is 1. The lowest BCUT2D eigenvalue weighted by Crippen LogP contribution is -2.31. The number of hydrogen-bond acceptors (Lipinski definition) is 7. The highest BCUT2D eigenvalue weighted by Crippen LogP contribution is 2.23. The predicted octanol–water partition coefficient (Wildman–Crippen LogP) is 4.99. The van der Waals surface area contributed by atoms with Gasteiger partial charge in [-0.1, -0.05) is 24.3 Å². The molecule has 0 bridgehead atoms. The molecule has 1 heterocycles. The average molecular weight is 501 g/mol. The van der Waals surface area contributed by atoms with E-state index in [-0.39, 0.29) is 23.4 Å². The van der Waals surface area contributed by atoms with Crippen LogP contribution in [0.2, 0.25) is 0 Å². The van der Waals surface area contributed by atoms with Crippen LogP contribution >= 0.6 is 0 Å². The third-order valence-corrected chi connectivity index (χ3v) is 5.57. The number of rotatable bonds is 8. The number of nitro benzene ring substituents is 1. The molecule has 1 aromatic heterocycles. The normalized spacial score (nSPS) is 10.6. The highest BCUT2D eigenvalue weighted by Gasteiger charge is 2.23. The number of ether oxygens (including phenoxy) is 1. The molecule has 3 aromatic carbocycles. The summed E-state index contributed by atoms with van der Waals surface area (Å²) in [6, 6.07) is 17.2. The van der Waals surface area contributed by atoms with Crippen molar-refractivity contribution in [2.45, 2.75) is 6.92 Å². The van der Waals surface area contributed by atoms with Crippen molar-refractivity contribution in [2.24, 2.45) is 0 Å². The summed E-state index contributed by atoms with van der Waals surface area (Å²) in [5.41, 5.74) is -0.394. The molecule has 0 fully saturated rings. The van der Waals surface area contributed by atoms with Gasteiger partial charge in [-0.05, 0) is 48.7 Å². The topological polar surface area (TPSA) is 120 Å². The van der Waals surface area contributed by atoms with Crippen molar-refractivity contribution in [3.8, 4) is 0 Å². The molecule has 4 aromatic rings. The monoisotopic (exact) mass is 501 g/mol. The number of benzene rings is 3. The van der Waals surface area contributed by atoms with E-state index >= 15 is 0 Å². The first-order valence-electron chi connectivity index (χ1n) is 11.2. The molecule has 0 saturated carbocycles. The Bertz CT molecular complexity index is 1520. The van der Waals surface area contributed by atoms with Crippen molar-refractivity contribution in [3.63, 3.8) is 0 Å². The lowest BCUT2D eigenvalue weighted by atomic mass is 10.0. The summed E-state index contributed by atoms with van der Waals surface area (Å²) in [5, 5.41) is 13.1. The van der Waals surface area contributed by atoms with Crippen LogP contribution in [0.4, 0.5) is 15.8 Å². The van der Waals surface area contributed by atoms with Crippen molar-refractivity contribution in [2.75, 3.05) is 18.1 Å². The van der Waals surface area contributed by atoms with E-state index in [0.29, 0.717) is 5.69 Å². The van der Waals surface area contributed by atoms with Crippen molar-refractivity contribution in [1.82, 2.24) is 4.98 Å². The van der Waals surface area contributed by atoms with E-state index in [1.54, 1.807) is 19.1 Å². The van der Waals surface area contributed by atoms with Crippen LogP contribution in [0.3, 0.4) is 0 Å². The number of nitrogens with zero attached hydrogens (tertiary/aromatic N) is 3. The molecule has 0 aliphatic heterocycles. The minimum atomic E-state index is -0.839. The minimum Gasteiger partial charge on any atom is -0.453 e. The van der Waals surface area contributed by atoms with E-state index in [0.717, 1.165) is 22.9 Å². The SMILES string of the molecule is CCN(C(=O)c1cc(C(=O)COC(=O)c2cc3ccccc3cn2)cc([N+](=O)[O-])c1)c1ccc(F)cc1. The molecule has 186 valence electrons. The summed E-state index contributed by atoms with van der Waals surface area (Å²) in [7, 11) is 0. The summed E-state index contributed by atoms with van der Waals surface area (Å²) in [6.45, 7) is 1.16. The van der Waals surface area contributed by atoms with Gasteiger partial charge in [-0.3, -0.25) is 19.7 Å². The molecule has 0 aliphatic carbocycles. The van der Waals surface area contributed by atoms with Crippen LogP contribution in [0.5, 0.6) is 0 Å². The highest BCUT2D eigenvalue weighted by molar-refractivity contribution is 6.09. The Morgan fingerprint density at radius 1 is 0.973 bits per heavy atom. The van der Waals surface area contributed by atoms with Crippen LogP contribution in [0, 0.1) is 15.9 Å². The Morgan fingerprint density at radius 2 is 1.65 bits per heavy atom. The number of amides is 1. The van der Waals surface area contributed by atoms with Gasteiger partial charge in [0, 0.05) is 47.1 Å². The van der Waals surface area contributed by atoms with Crippen molar-refractivity contribution in [3.05, 3.63) is 112 Å². The van der Waals surface area contributed by atoms with Crippen LogP contribution in [-0.4, -0.2) is 40.7 Å². The van der Waals surface area contributed by atoms with E-state index in [9.17, 15) is 28.9 Å². The van der Waals surface area contributed by atoms with Gasteiger partial charge in [-0.2, -0.15) is 0 Å². The molecular formula is C27H20FN3O6. The van der Waals surface area contributed by atoms with Gasteiger partial charge >= 0.3 is 5.97 Å². The number of carbonyl (C=O) groups is 3. The molecule has 0 atom stereocenters. The van der Waals surface area contributed by atoms with Crippen LogP contribution in [0.25, 0.3) is 10.8 Å². The number of pyridine rings is 1. The summed E-state index contributed by atoms with van der Waals surface area (Å²) in [4.78, 5) is 54.5. The summed E-state index contributed by atoms with van der Waals surface area (Å²) >= 11 is 0. The standard InChI is InChI=1S/C27H20FN3O6/c1-2-30(22-9-7-21(28)8-10-22)26(33)20-11-19(12-23(13-20)31(35)36)25(32)16-37-27(34)24-14-17-5-3-4-6-18(17)15-29-24/h3-15H,2,16H2,1H3. The number of ketones is 1. The van der Waals surface area contributed by atoms with Gasteiger partial charge in [-0.15, -0.1) is 0 Å². The fourth-order valence-corrected chi connectivity index (χ4v) is 3.70. The predicted molar refractivity (Wildman–Crippen MR) is 133 cm³/mol. The number of hydrogen-bond donors (Lipinski definition) is 0. The number of nitro groups is 1. The van der Waals surface area contributed by atoms with Gasteiger partial charge in [-0.25, -0.2) is 14.2 Å². The maximum Gasteiger partial charge on any atom is 0.357 e. The second-order valence-electron chi connectivity index (χ2n) is 7.97. The van der Waals surface area contributed by atoms with Gasteiger partial charge in [0.1, 0.15) is 11.5 Å². The Morgan fingerprint density at radius 3 is 2.32 bits per heavy atom. The van der Waals surface area contributed by atoms with Gasteiger partial charge in [0.15, 0.2) is 6.61 Å². The molecule has 0 radical (unpaired) electrons. The van der Waals surface area contributed by atoms with Crippen molar-refractivity contribution >= 4 is 39.8 Å². The molecule has 0 N–H and O–H groups in total. The number of Topliss-reactive ketones (excluding diaryl/α,β-unsaturated/α-hetero) is 1. The second-order valence-corrected chi connectivity index (χ2v) is 7.97. The van der Waals surface area contributed by atoms with E-state index in [2.05, 4.69) is 4.98 Å². The lowest BCUT2D eigenvalue weighted by Gasteiger charge is -2.21. The number of esters is 1. The fraction of sp³-hybridized carbons (Fsp3) is 0.111. The van der Waals surface area contributed by atoms with Gasteiger partial charge in [0.25, 0.3) is 11.6 Å². The molecule has 1 amide bonds. The number of halogens is 1. The zero-order valence-electron chi connectivity index (χ0n) is 19.6. The average Bonchev–Trinajstić information content (AvgIpc) is 2.92. The number of fused-ring (bicyclic) bond motifs is 1. The van der Waals surface area contributed by atoms with E-state index in [1.807, 2.05) is 12.1 Å². The molecule has 10 heteroatoms. The summed E-state index contributed by atoms with van der Waals surface area (Å²) in [6.07, 6.45) is 1.51. The zero-order chi connectivity index (χ0) is 26.5. The van der Waals surface area contributed by atoms with Crippen LogP contribution < -0.4 is 4.90 Å². The quantitative estimate of drug-likeness (QED) is 0.144. The van der Waals surface area contributed by atoms with Crippen LogP contribution in [0.15, 0.2) is 79.0 Å². The first-order chi connectivity index (χ1) is 17.8. The van der Waals surface area contributed by atoms with Crippen molar-refractivity contribution < 1.29 is 28.4 Å². The van der Waals surface area contributed by atoms with E-state index < -0.39 is 40.7 Å². The first kappa shape index (κ1) is 25.1. The van der Waals surface area contributed by atoms with Crippen LogP contribution in [0.1, 0.15) is 38.1 Å². The molecular weight excluding hydrogens is 481 g/mol. The second kappa shape index (κ2) is 10.7. The Kier molecular flexibility index (Phi) is 7.28. The number of carbonyl (C=O) groups excluding carboxylic acids is 3.